The van der Waals surface area contributed by atoms with Crippen molar-refractivity contribution < 1.29 is 67.5 Å². The molecule has 9 atom stereocenters. The lowest BCUT2D eigenvalue weighted by molar-refractivity contribution is -0.346. The number of esters is 4. The van der Waals surface area contributed by atoms with Crippen LogP contribution in [0, 0.1) is 16.7 Å². The number of carbonyl (C=O) groups excluding carboxylic acids is 7. The predicted octanol–water partition coefficient (Wildman–Crippen LogP) is 8.07. The monoisotopic (exact) mass is 1010 g/mol. The average Bonchev–Trinajstić information content (AvgIpc) is 3.40. The molecular formula is C61H56O14. The van der Waals surface area contributed by atoms with E-state index in [9.17, 15) is 39.0 Å². The Kier molecular flexibility index (Phi) is 14.2. The summed E-state index contributed by atoms with van der Waals surface area (Å²) in [4.78, 5) is 98.7. The Labute approximate surface area is 433 Å². The Bertz CT molecular complexity index is 3140. The van der Waals surface area contributed by atoms with Crippen LogP contribution in [-0.4, -0.2) is 99.8 Å². The number of aliphatic hydroxyl groups is 2. The van der Waals surface area contributed by atoms with Gasteiger partial charge in [0, 0.05) is 59.6 Å². The van der Waals surface area contributed by atoms with Crippen molar-refractivity contribution in [1.82, 2.24) is 0 Å². The van der Waals surface area contributed by atoms with Crippen molar-refractivity contribution in [1.29, 1.82) is 0 Å². The molecule has 0 radical (unpaired) electrons. The van der Waals surface area contributed by atoms with E-state index in [1.165, 1.54) is 31.2 Å². The van der Waals surface area contributed by atoms with Gasteiger partial charge in [0.2, 0.25) is 0 Å². The Morgan fingerprint density at radius 1 is 0.640 bits per heavy atom. The van der Waals surface area contributed by atoms with E-state index in [1.807, 2.05) is 12.1 Å². The van der Waals surface area contributed by atoms with E-state index in [-0.39, 0.29) is 41.3 Å². The zero-order valence-electron chi connectivity index (χ0n) is 42.0. The van der Waals surface area contributed by atoms with Crippen LogP contribution in [0.3, 0.4) is 0 Å². The van der Waals surface area contributed by atoms with Gasteiger partial charge in [-0.15, -0.1) is 0 Å². The second kappa shape index (κ2) is 20.4. The zero-order chi connectivity index (χ0) is 53.5. The third kappa shape index (κ3) is 9.49. The maximum Gasteiger partial charge on any atom is 0.338 e. The maximum atomic E-state index is 16.3. The van der Waals surface area contributed by atoms with Crippen molar-refractivity contribution in [2.24, 2.45) is 16.7 Å². The average molecular weight is 1010 g/mol. The molecular weight excluding hydrogens is 957 g/mol. The fourth-order valence-electron chi connectivity index (χ4n) is 11.6. The number of aliphatic hydroxyl groups excluding tert-OH is 1. The molecule has 0 amide bonds. The molecule has 75 heavy (non-hydrogen) atoms. The highest BCUT2D eigenvalue weighted by Gasteiger charge is 2.79. The van der Waals surface area contributed by atoms with Crippen molar-refractivity contribution in [2.75, 3.05) is 6.61 Å². The Morgan fingerprint density at radius 2 is 1.11 bits per heavy atom. The lowest BCUT2D eigenvalue weighted by atomic mass is 9.44. The number of fused-ring (bicyclic) bond motifs is 5. The molecule has 1 saturated heterocycles. The smallest absolute Gasteiger partial charge is 0.338 e. The summed E-state index contributed by atoms with van der Waals surface area (Å²) in [7, 11) is 0. The zero-order valence-corrected chi connectivity index (χ0v) is 42.0. The first kappa shape index (κ1) is 52.0. The Balaban J connectivity index is 1.12. The van der Waals surface area contributed by atoms with E-state index in [0.717, 1.165) is 19.1 Å². The van der Waals surface area contributed by atoms with Gasteiger partial charge >= 0.3 is 23.9 Å². The SMILES string of the molecule is CC(=O)O[C@@]12CO[C@@H]1C[C@H](OC(=O)/C=C/c1ccc(C(=O)c3ccccc3)cc1)[C@@]1(C)C(=O)[C@H](OC(=O)/C=C/c3ccc(C(=O)c4ccccc4)cc3)C3=C(C)[C@@H](O)C[C@@](O)([C@@H](OC(=O)c4ccccc4)[C@H]21)C3(C)C. The number of rotatable bonds is 13. The molecule has 3 fully saturated rings. The molecule has 4 aliphatic rings. The fraction of sp³-hybridized carbons (Fsp3) is 0.295. The molecule has 384 valence electrons. The number of hydrogen-bond acceptors (Lipinski definition) is 14. The maximum absolute atomic E-state index is 16.3. The number of ketones is 3. The summed E-state index contributed by atoms with van der Waals surface area (Å²) in [6.07, 6.45) is -3.31. The molecule has 5 aromatic rings. The Hall–Kier alpha value is -7.91. The van der Waals surface area contributed by atoms with Gasteiger partial charge < -0.3 is 33.9 Å². The summed E-state index contributed by atoms with van der Waals surface area (Å²) in [5.74, 6) is -6.48. The standard InChI is InChI=1S/C61H56O14/c1-36-45(63)34-61(70)56(74-57(69)44-19-13-8-14-20-44)54-59(5,55(68)53(50(36)58(61,3)4)73-49(65)32-26-39-23-29-43(30-24-39)52(67)41-17-11-7-12-18-41)46(33-47-60(54,35-71-47)75-37(2)62)72-48(64)31-25-38-21-27-42(28-22-38)51(66)40-15-9-6-10-16-40/h6-32,45-47,53-54,56,63,70H,33-35H2,1-5H3/b31-25+,32-26+/t45-,46-,47+,53+,54-,56-,59+,60-,61+/m0/s1. The predicted molar refractivity (Wildman–Crippen MR) is 274 cm³/mol. The van der Waals surface area contributed by atoms with E-state index in [4.69, 9.17) is 23.7 Å². The van der Waals surface area contributed by atoms with Crippen molar-refractivity contribution in [2.45, 2.75) is 89.2 Å². The van der Waals surface area contributed by atoms with Crippen LogP contribution in [0.25, 0.3) is 12.2 Å². The summed E-state index contributed by atoms with van der Waals surface area (Å²) in [6, 6.07) is 38.5. The van der Waals surface area contributed by atoms with Gasteiger partial charge in [-0.2, -0.15) is 0 Å². The molecule has 1 aliphatic heterocycles. The van der Waals surface area contributed by atoms with Gasteiger partial charge in [0.25, 0.3) is 0 Å². The summed E-state index contributed by atoms with van der Waals surface area (Å²) < 4.78 is 31.3. The Morgan fingerprint density at radius 3 is 1.57 bits per heavy atom. The van der Waals surface area contributed by atoms with Gasteiger partial charge in [0.05, 0.1) is 29.6 Å². The van der Waals surface area contributed by atoms with Crippen molar-refractivity contribution >= 4 is 53.4 Å². The number of Topliss-reactive ketones (excluding diaryl/α,β-unsaturated/α-hetero) is 1. The van der Waals surface area contributed by atoms with Crippen LogP contribution in [0.15, 0.2) is 163 Å². The highest BCUT2D eigenvalue weighted by atomic mass is 16.6. The van der Waals surface area contributed by atoms with E-state index < -0.39 is 94.6 Å². The van der Waals surface area contributed by atoms with Gasteiger partial charge in [-0.05, 0) is 60.4 Å². The summed E-state index contributed by atoms with van der Waals surface area (Å²) in [5.41, 5.74) is -4.74. The minimum Gasteiger partial charge on any atom is -0.458 e. The minimum atomic E-state index is -2.33. The highest BCUT2D eigenvalue weighted by Crippen LogP contribution is 2.64. The fourth-order valence-corrected chi connectivity index (χ4v) is 11.6. The van der Waals surface area contributed by atoms with E-state index in [1.54, 1.807) is 136 Å². The lowest BCUT2D eigenvalue weighted by Crippen LogP contribution is -2.82. The van der Waals surface area contributed by atoms with Crippen LogP contribution < -0.4 is 0 Å². The molecule has 0 unspecified atom stereocenters. The van der Waals surface area contributed by atoms with Crippen LogP contribution >= 0.6 is 0 Å². The third-order valence-corrected chi connectivity index (χ3v) is 15.6. The van der Waals surface area contributed by atoms with E-state index >= 15 is 4.79 Å². The first-order chi connectivity index (χ1) is 35.8. The van der Waals surface area contributed by atoms with Gasteiger partial charge in [0.15, 0.2) is 29.1 Å². The van der Waals surface area contributed by atoms with E-state index in [2.05, 4.69) is 0 Å². The van der Waals surface area contributed by atoms with Crippen LogP contribution in [0.1, 0.15) is 101 Å². The summed E-state index contributed by atoms with van der Waals surface area (Å²) >= 11 is 0. The van der Waals surface area contributed by atoms with Crippen molar-refractivity contribution in [3.8, 4) is 0 Å². The molecule has 3 aliphatic carbocycles. The molecule has 0 aromatic heterocycles. The first-order valence-corrected chi connectivity index (χ1v) is 24.7. The van der Waals surface area contributed by atoms with Crippen molar-refractivity contribution in [3.05, 3.63) is 202 Å². The molecule has 0 spiro atoms. The highest BCUT2D eigenvalue weighted by molar-refractivity contribution is 6.09. The van der Waals surface area contributed by atoms with Crippen LogP contribution in [-0.2, 0) is 42.9 Å². The second-order valence-corrected chi connectivity index (χ2v) is 20.3. The quantitative estimate of drug-likeness (QED) is 0.0376. The molecule has 1 heterocycles. The minimum absolute atomic E-state index is 0.0207. The van der Waals surface area contributed by atoms with Crippen LogP contribution in [0.5, 0.6) is 0 Å². The molecule has 14 nitrogen and oxygen atoms in total. The van der Waals surface area contributed by atoms with E-state index in [0.29, 0.717) is 33.4 Å². The third-order valence-electron chi connectivity index (χ3n) is 15.6. The van der Waals surface area contributed by atoms with Gasteiger partial charge in [-0.1, -0.05) is 141 Å². The molecule has 14 heteroatoms. The summed E-state index contributed by atoms with van der Waals surface area (Å²) in [6.45, 7) is 7.02. The van der Waals surface area contributed by atoms with Crippen molar-refractivity contribution in [3.63, 3.8) is 0 Å². The number of ether oxygens (including phenoxy) is 5. The summed E-state index contributed by atoms with van der Waals surface area (Å²) in [5, 5.41) is 25.6. The second-order valence-electron chi connectivity index (χ2n) is 20.3. The first-order valence-electron chi connectivity index (χ1n) is 24.7. The molecule has 5 aromatic carbocycles. The number of hydrogen-bond donors (Lipinski definition) is 2. The lowest BCUT2D eigenvalue weighted by Gasteiger charge is -2.67. The van der Waals surface area contributed by atoms with Gasteiger partial charge in [-0.3, -0.25) is 19.2 Å². The van der Waals surface area contributed by atoms with Gasteiger partial charge in [-0.25, -0.2) is 14.4 Å². The number of benzene rings is 5. The number of carbonyl (C=O) groups is 7. The molecule has 9 rings (SSSR count). The van der Waals surface area contributed by atoms with Gasteiger partial charge in [0.1, 0.15) is 23.9 Å². The van der Waals surface area contributed by atoms with Crippen LogP contribution in [0.2, 0.25) is 0 Å². The molecule has 2 saturated carbocycles. The normalized spacial score (nSPS) is 27.6. The topological polar surface area (TPSA) is 206 Å². The molecule has 2 N–H and O–H groups in total. The molecule has 2 bridgehead atoms. The van der Waals surface area contributed by atoms with Crippen LogP contribution in [0.4, 0.5) is 0 Å². The largest absolute Gasteiger partial charge is 0.458 e.